The normalized spacial score (nSPS) is 16.9. The third-order valence-electron chi connectivity index (χ3n) is 3.36. The van der Waals surface area contributed by atoms with E-state index in [1.807, 2.05) is 18.5 Å². The van der Waals surface area contributed by atoms with Gasteiger partial charge in [-0.1, -0.05) is 0 Å². The molecule has 1 aliphatic rings. The third kappa shape index (κ3) is 2.52. The maximum absolute atomic E-state index is 12.1. The molecule has 19 heavy (non-hydrogen) atoms. The number of imidazole rings is 1. The van der Waals surface area contributed by atoms with E-state index in [0.29, 0.717) is 11.7 Å². The molecule has 0 aromatic carbocycles. The van der Waals surface area contributed by atoms with Gasteiger partial charge in [-0.25, -0.2) is 9.97 Å². The Morgan fingerprint density at radius 3 is 3.11 bits per heavy atom. The predicted molar refractivity (Wildman–Crippen MR) is 72.8 cm³/mol. The first kappa shape index (κ1) is 12.3. The van der Waals surface area contributed by atoms with E-state index in [1.165, 1.54) is 11.3 Å². The number of rotatable bonds is 3. The van der Waals surface area contributed by atoms with E-state index in [0.717, 1.165) is 18.9 Å². The van der Waals surface area contributed by atoms with E-state index < -0.39 is 0 Å². The number of hydrogen-bond donors (Lipinski definition) is 1. The summed E-state index contributed by atoms with van der Waals surface area (Å²) in [5.74, 6) is 0.995. The summed E-state index contributed by atoms with van der Waals surface area (Å²) in [4.78, 5) is 22.6. The fraction of sp³-hybridized carbons (Fsp3) is 0.417. The van der Waals surface area contributed by atoms with Crippen LogP contribution in [0.5, 0.6) is 0 Å². The fourth-order valence-corrected chi connectivity index (χ4v) is 2.72. The van der Waals surface area contributed by atoms with Crippen molar-refractivity contribution < 1.29 is 4.79 Å². The zero-order valence-corrected chi connectivity index (χ0v) is 11.4. The van der Waals surface area contributed by atoms with Gasteiger partial charge in [-0.2, -0.15) is 0 Å². The van der Waals surface area contributed by atoms with Crippen LogP contribution in [0.3, 0.4) is 0 Å². The summed E-state index contributed by atoms with van der Waals surface area (Å²) < 4.78 is 2.13. The zero-order valence-electron chi connectivity index (χ0n) is 10.6. The fourth-order valence-electron chi connectivity index (χ4n) is 2.18. The first-order chi connectivity index (χ1) is 9.24. The maximum atomic E-state index is 12.1. The molecule has 0 fully saturated rings. The van der Waals surface area contributed by atoms with Crippen LogP contribution in [-0.2, 0) is 17.9 Å². The van der Waals surface area contributed by atoms with Gasteiger partial charge in [-0.3, -0.25) is 9.69 Å². The molecule has 1 amide bonds. The molecule has 0 bridgehead atoms. The Morgan fingerprint density at radius 1 is 1.42 bits per heavy atom. The Balaban J connectivity index is 1.64. The lowest BCUT2D eigenvalue weighted by Gasteiger charge is -2.31. The Hall–Kier alpha value is -1.73. The zero-order chi connectivity index (χ0) is 13.2. The average molecular weight is 277 g/mol. The van der Waals surface area contributed by atoms with Gasteiger partial charge < -0.3 is 9.88 Å². The van der Waals surface area contributed by atoms with Crippen LogP contribution in [0.4, 0.5) is 5.13 Å². The molecule has 1 aliphatic heterocycles. The number of amides is 1. The van der Waals surface area contributed by atoms with Crippen LogP contribution in [0.2, 0.25) is 0 Å². The SMILES string of the molecule is CC(C(=O)Nc1nccs1)N1CCn2ccnc2C1. The molecule has 1 unspecified atom stereocenters. The van der Waals surface area contributed by atoms with Crippen LogP contribution in [0.1, 0.15) is 12.7 Å². The first-order valence-electron chi connectivity index (χ1n) is 6.18. The monoisotopic (exact) mass is 277 g/mol. The van der Waals surface area contributed by atoms with Crippen molar-refractivity contribution in [2.45, 2.75) is 26.1 Å². The number of anilines is 1. The molecule has 7 heteroatoms. The summed E-state index contributed by atoms with van der Waals surface area (Å²) in [6.07, 6.45) is 5.47. The quantitative estimate of drug-likeness (QED) is 0.915. The third-order valence-corrected chi connectivity index (χ3v) is 4.05. The van der Waals surface area contributed by atoms with Gasteiger partial charge in [0.15, 0.2) is 5.13 Å². The Labute approximate surface area is 115 Å². The molecule has 6 nitrogen and oxygen atoms in total. The second-order valence-electron chi connectivity index (χ2n) is 4.51. The van der Waals surface area contributed by atoms with Crippen LogP contribution in [-0.4, -0.2) is 37.9 Å². The average Bonchev–Trinajstić information content (AvgIpc) is 3.07. The van der Waals surface area contributed by atoms with Crippen LogP contribution < -0.4 is 5.32 Å². The van der Waals surface area contributed by atoms with Gasteiger partial charge in [0.1, 0.15) is 5.82 Å². The summed E-state index contributed by atoms with van der Waals surface area (Å²) in [5, 5.41) is 5.33. The molecular weight excluding hydrogens is 262 g/mol. The van der Waals surface area contributed by atoms with Gasteiger partial charge in [0.05, 0.1) is 12.6 Å². The van der Waals surface area contributed by atoms with Gasteiger partial charge in [0.25, 0.3) is 0 Å². The van der Waals surface area contributed by atoms with Crippen LogP contribution in [0.15, 0.2) is 24.0 Å². The van der Waals surface area contributed by atoms with Crippen LogP contribution in [0, 0.1) is 0 Å². The molecule has 0 saturated heterocycles. The largest absolute Gasteiger partial charge is 0.333 e. The molecule has 2 aromatic heterocycles. The van der Waals surface area contributed by atoms with E-state index in [1.54, 1.807) is 12.4 Å². The van der Waals surface area contributed by atoms with Crippen molar-refractivity contribution in [3.63, 3.8) is 0 Å². The topological polar surface area (TPSA) is 63.1 Å². The van der Waals surface area contributed by atoms with Crippen LogP contribution in [0.25, 0.3) is 0 Å². The molecule has 2 aromatic rings. The molecule has 0 saturated carbocycles. The van der Waals surface area contributed by atoms with Crippen molar-refractivity contribution >= 4 is 22.4 Å². The number of hydrogen-bond acceptors (Lipinski definition) is 5. The van der Waals surface area contributed by atoms with Crippen molar-refractivity contribution in [1.82, 2.24) is 19.4 Å². The minimum atomic E-state index is -0.186. The standard InChI is InChI=1S/C12H15N5OS/c1-9(11(18)15-12-14-3-7-19-12)17-6-5-16-4-2-13-10(16)8-17/h2-4,7,9H,5-6,8H2,1H3,(H,14,15,18). The van der Waals surface area contributed by atoms with Crippen LogP contribution >= 0.6 is 11.3 Å². The highest BCUT2D eigenvalue weighted by Crippen LogP contribution is 2.16. The van der Waals surface area contributed by atoms with E-state index >= 15 is 0 Å². The molecule has 0 radical (unpaired) electrons. The number of nitrogens with one attached hydrogen (secondary N) is 1. The van der Waals surface area contributed by atoms with Gasteiger partial charge in [-0.15, -0.1) is 11.3 Å². The van der Waals surface area contributed by atoms with Crippen molar-refractivity contribution in [2.24, 2.45) is 0 Å². The summed E-state index contributed by atoms with van der Waals surface area (Å²) in [5.41, 5.74) is 0. The van der Waals surface area contributed by atoms with Gasteiger partial charge >= 0.3 is 0 Å². The van der Waals surface area contributed by atoms with Crippen molar-refractivity contribution in [1.29, 1.82) is 0 Å². The molecule has 3 rings (SSSR count). The second-order valence-corrected chi connectivity index (χ2v) is 5.40. The number of fused-ring (bicyclic) bond motifs is 1. The number of aromatic nitrogens is 3. The van der Waals surface area contributed by atoms with Crippen molar-refractivity contribution in [2.75, 3.05) is 11.9 Å². The summed E-state index contributed by atoms with van der Waals surface area (Å²) in [6, 6.07) is -0.186. The number of carbonyl (C=O) groups is 1. The van der Waals surface area contributed by atoms with E-state index in [4.69, 9.17) is 0 Å². The first-order valence-corrected chi connectivity index (χ1v) is 7.06. The minimum absolute atomic E-state index is 0.0186. The summed E-state index contributed by atoms with van der Waals surface area (Å²) in [6.45, 7) is 4.36. The van der Waals surface area contributed by atoms with Gasteiger partial charge in [0, 0.05) is 37.1 Å². The smallest absolute Gasteiger partial charge is 0.243 e. The van der Waals surface area contributed by atoms with Crippen molar-refractivity contribution in [3.05, 3.63) is 29.8 Å². The summed E-state index contributed by atoms with van der Waals surface area (Å²) >= 11 is 1.43. The Kier molecular flexibility index (Phi) is 3.31. The molecular formula is C12H15N5OS. The molecule has 0 spiro atoms. The lowest BCUT2D eigenvalue weighted by Crippen LogP contribution is -2.45. The second kappa shape index (κ2) is 5.10. The number of thiazole rings is 1. The maximum Gasteiger partial charge on any atom is 0.243 e. The lowest BCUT2D eigenvalue weighted by molar-refractivity contribution is -0.121. The predicted octanol–water partition coefficient (Wildman–Crippen LogP) is 1.18. The Bertz CT molecular complexity index is 564. The summed E-state index contributed by atoms with van der Waals surface area (Å²) in [7, 11) is 0. The molecule has 1 N–H and O–H groups in total. The molecule has 3 heterocycles. The number of carbonyl (C=O) groups excluding carboxylic acids is 1. The van der Waals surface area contributed by atoms with Gasteiger partial charge in [-0.05, 0) is 6.92 Å². The highest BCUT2D eigenvalue weighted by Gasteiger charge is 2.26. The number of nitrogens with zero attached hydrogens (tertiary/aromatic N) is 4. The van der Waals surface area contributed by atoms with Crippen molar-refractivity contribution in [3.8, 4) is 0 Å². The van der Waals surface area contributed by atoms with E-state index in [-0.39, 0.29) is 11.9 Å². The Morgan fingerprint density at radius 2 is 2.32 bits per heavy atom. The lowest BCUT2D eigenvalue weighted by atomic mass is 10.2. The van der Waals surface area contributed by atoms with E-state index in [9.17, 15) is 4.79 Å². The highest BCUT2D eigenvalue weighted by atomic mass is 32.1. The van der Waals surface area contributed by atoms with E-state index in [2.05, 4.69) is 24.8 Å². The molecule has 0 aliphatic carbocycles. The highest BCUT2D eigenvalue weighted by molar-refractivity contribution is 7.13. The minimum Gasteiger partial charge on any atom is -0.333 e. The molecule has 100 valence electrons. The van der Waals surface area contributed by atoms with Gasteiger partial charge in [0.2, 0.25) is 5.91 Å². The molecule has 1 atom stereocenters.